The Bertz CT molecular complexity index is 1080. The van der Waals surface area contributed by atoms with E-state index < -0.39 is 11.9 Å². The van der Waals surface area contributed by atoms with E-state index in [0.29, 0.717) is 21.9 Å². The van der Waals surface area contributed by atoms with E-state index in [-0.39, 0.29) is 23.8 Å². The molecule has 2 N–H and O–H groups in total. The van der Waals surface area contributed by atoms with E-state index in [1.165, 1.54) is 31.0 Å². The van der Waals surface area contributed by atoms with E-state index in [9.17, 15) is 14.9 Å². The number of esters is 1. The van der Waals surface area contributed by atoms with Crippen molar-refractivity contribution < 1.29 is 14.3 Å². The van der Waals surface area contributed by atoms with Crippen molar-refractivity contribution in [2.45, 2.75) is 63.8 Å². The van der Waals surface area contributed by atoms with Gasteiger partial charge in [-0.3, -0.25) is 4.79 Å². The van der Waals surface area contributed by atoms with Crippen LogP contribution in [0.1, 0.15) is 63.9 Å². The first-order valence-corrected chi connectivity index (χ1v) is 13.7. The Morgan fingerprint density at radius 1 is 1.14 bits per heavy atom. The average molecular weight is 492 g/mol. The number of benzene rings is 1. The van der Waals surface area contributed by atoms with Crippen molar-refractivity contribution in [3.8, 4) is 6.07 Å². The van der Waals surface area contributed by atoms with Crippen LogP contribution < -0.4 is 10.6 Å². The summed E-state index contributed by atoms with van der Waals surface area (Å²) in [6.07, 6.45) is 7.34. The summed E-state index contributed by atoms with van der Waals surface area (Å²) in [5, 5.41) is 17.4. The van der Waals surface area contributed by atoms with Crippen LogP contribution in [0.2, 0.25) is 0 Å². The molecule has 1 aliphatic heterocycles. The molecule has 1 unspecified atom stereocenters. The number of ether oxygens (including phenoxy) is 1. The second kappa shape index (κ2) is 9.73. The molecular weight excluding hydrogens is 458 g/mol. The minimum atomic E-state index is -0.532. The molecule has 4 bridgehead atoms. The van der Waals surface area contributed by atoms with E-state index in [0.717, 1.165) is 42.6 Å². The Balaban J connectivity index is 1.35. The standard InChI is InChI=1S/C28H33N3O3S/c1-3-34-27(33)24-17(2)30-26(22(15-29)25(24)21-7-5-4-6-8-21)35-16-23(32)31-28-12-18-9-19(13-28)11-20(10-18)14-28/h4-8,18-20,25,30H,3,9-14,16H2,1-2H3,(H,31,32). The number of carbonyl (C=O) groups excluding carboxylic acids is 2. The topological polar surface area (TPSA) is 91.2 Å². The Labute approximate surface area is 211 Å². The van der Waals surface area contributed by atoms with Crippen LogP contribution in [-0.2, 0) is 14.3 Å². The van der Waals surface area contributed by atoms with Gasteiger partial charge in [0.05, 0.1) is 40.5 Å². The Kier molecular flexibility index (Phi) is 6.67. The van der Waals surface area contributed by atoms with Crippen molar-refractivity contribution in [3.05, 3.63) is 57.8 Å². The van der Waals surface area contributed by atoms with Gasteiger partial charge in [0.1, 0.15) is 0 Å². The predicted molar refractivity (Wildman–Crippen MR) is 136 cm³/mol. The maximum atomic E-state index is 13.1. The number of nitrogens with zero attached hydrogens (tertiary/aromatic N) is 1. The largest absolute Gasteiger partial charge is 0.463 e. The van der Waals surface area contributed by atoms with Gasteiger partial charge in [0.25, 0.3) is 0 Å². The molecule has 1 amide bonds. The third kappa shape index (κ3) is 4.73. The molecule has 4 fully saturated rings. The van der Waals surface area contributed by atoms with Crippen LogP contribution in [0, 0.1) is 29.1 Å². The number of nitriles is 1. The fourth-order valence-electron chi connectivity index (χ4n) is 7.22. The molecule has 0 spiro atoms. The molecule has 5 aliphatic rings. The molecule has 4 saturated carbocycles. The van der Waals surface area contributed by atoms with Crippen molar-refractivity contribution in [1.82, 2.24) is 10.6 Å². The summed E-state index contributed by atoms with van der Waals surface area (Å²) in [7, 11) is 0. The van der Waals surface area contributed by atoms with Crippen molar-refractivity contribution in [2.75, 3.05) is 12.4 Å². The lowest BCUT2D eigenvalue weighted by molar-refractivity contribution is -0.138. The smallest absolute Gasteiger partial charge is 0.336 e. The molecule has 0 saturated heterocycles. The van der Waals surface area contributed by atoms with Crippen LogP contribution in [0.5, 0.6) is 0 Å². The highest BCUT2D eigenvalue weighted by molar-refractivity contribution is 8.03. The Hall–Kier alpha value is -2.72. The number of thioether (sulfide) groups is 1. The number of carbonyl (C=O) groups is 2. The molecular formula is C28H33N3O3S. The number of hydrogen-bond donors (Lipinski definition) is 2. The molecule has 184 valence electrons. The monoisotopic (exact) mass is 491 g/mol. The lowest BCUT2D eigenvalue weighted by Crippen LogP contribution is -2.60. The highest BCUT2D eigenvalue weighted by Gasteiger charge is 2.51. The fourth-order valence-corrected chi connectivity index (χ4v) is 8.11. The van der Waals surface area contributed by atoms with Gasteiger partial charge in [-0.1, -0.05) is 42.1 Å². The van der Waals surface area contributed by atoms with Crippen molar-refractivity contribution >= 4 is 23.6 Å². The van der Waals surface area contributed by atoms with Crippen molar-refractivity contribution in [3.63, 3.8) is 0 Å². The molecule has 0 aromatic heterocycles. The number of allylic oxidation sites excluding steroid dienone is 2. The second-order valence-electron chi connectivity index (χ2n) is 10.6. The molecule has 0 radical (unpaired) electrons. The Morgan fingerprint density at radius 2 is 1.77 bits per heavy atom. The van der Waals surface area contributed by atoms with Crippen LogP contribution in [-0.4, -0.2) is 29.8 Å². The van der Waals surface area contributed by atoms with Crippen LogP contribution in [0.4, 0.5) is 0 Å². The van der Waals surface area contributed by atoms with E-state index in [2.05, 4.69) is 16.7 Å². The normalized spacial score (nSPS) is 31.1. The molecule has 1 heterocycles. The van der Waals surface area contributed by atoms with E-state index >= 15 is 0 Å². The zero-order valence-corrected chi connectivity index (χ0v) is 21.2. The first-order valence-electron chi connectivity index (χ1n) is 12.7. The molecule has 35 heavy (non-hydrogen) atoms. The van der Waals surface area contributed by atoms with Gasteiger partial charge in [-0.2, -0.15) is 5.26 Å². The molecule has 1 atom stereocenters. The minimum Gasteiger partial charge on any atom is -0.463 e. The summed E-state index contributed by atoms with van der Waals surface area (Å²) >= 11 is 1.34. The highest BCUT2D eigenvalue weighted by Crippen LogP contribution is 2.55. The molecule has 7 heteroatoms. The summed E-state index contributed by atoms with van der Waals surface area (Å²) in [6, 6.07) is 11.9. The number of amides is 1. The maximum absolute atomic E-state index is 13.1. The summed E-state index contributed by atoms with van der Waals surface area (Å²) in [5.41, 5.74) is 2.36. The zero-order chi connectivity index (χ0) is 24.6. The van der Waals surface area contributed by atoms with E-state index in [1.807, 2.05) is 37.3 Å². The maximum Gasteiger partial charge on any atom is 0.336 e. The van der Waals surface area contributed by atoms with Gasteiger partial charge in [-0.05, 0) is 75.7 Å². The van der Waals surface area contributed by atoms with Gasteiger partial charge in [0.2, 0.25) is 5.91 Å². The second-order valence-corrected chi connectivity index (χ2v) is 11.6. The first kappa shape index (κ1) is 24.0. The van der Waals surface area contributed by atoms with Crippen LogP contribution in [0.3, 0.4) is 0 Å². The Morgan fingerprint density at radius 3 is 2.34 bits per heavy atom. The lowest BCUT2D eigenvalue weighted by atomic mass is 9.53. The van der Waals surface area contributed by atoms with Gasteiger partial charge in [0.15, 0.2) is 0 Å². The third-order valence-electron chi connectivity index (χ3n) is 8.07. The third-order valence-corrected chi connectivity index (χ3v) is 9.08. The van der Waals surface area contributed by atoms with E-state index in [1.54, 1.807) is 6.92 Å². The van der Waals surface area contributed by atoms with Gasteiger partial charge < -0.3 is 15.4 Å². The quantitative estimate of drug-likeness (QED) is 0.534. The molecule has 6 rings (SSSR count). The molecule has 1 aromatic carbocycles. The average Bonchev–Trinajstić information content (AvgIpc) is 2.81. The summed E-state index contributed by atoms with van der Waals surface area (Å²) in [6.45, 7) is 3.85. The first-order chi connectivity index (χ1) is 16.9. The fraction of sp³-hybridized carbons (Fsp3) is 0.536. The van der Waals surface area contributed by atoms with Crippen molar-refractivity contribution in [1.29, 1.82) is 5.26 Å². The van der Waals surface area contributed by atoms with Crippen LogP contribution in [0.15, 0.2) is 52.2 Å². The number of nitrogens with one attached hydrogen (secondary N) is 2. The summed E-state index contributed by atoms with van der Waals surface area (Å²) in [5.74, 6) is 1.60. The molecule has 1 aromatic rings. The van der Waals surface area contributed by atoms with Crippen molar-refractivity contribution in [2.24, 2.45) is 17.8 Å². The van der Waals surface area contributed by atoms with Gasteiger partial charge >= 0.3 is 5.97 Å². The number of dihydropyridines is 1. The van der Waals surface area contributed by atoms with Crippen LogP contribution >= 0.6 is 11.8 Å². The van der Waals surface area contributed by atoms with Crippen LogP contribution in [0.25, 0.3) is 0 Å². The lowest BCUT2D eigenvalue weighted by Gasteiger charge is -2.56. The highest BCUT2D eigenvalue weighted by atomic mass is 32.2. The number of rotatable bonds is 7. The number of hydrogen-bond acceptors (Lipinski definition) is 6. The minimum absolute atomic E-state index is 0.0256. The molecule has 4 aliphatic carbocycles. The molecule has 6 nitrogen and oxygen atoms in total. The summed E-state index contributed by atoms with van der Waals surface area (Å²) < 4.78 is 5.32. The van der Waals surface area contributed by atoms with Gasteiger partial charge in [0, 0.05) is 11.2 Å². The summed E-state index contributed by atoms with van der Waals surface area (Å²) in [4.78, 5) is 26.0. The van der Waals surface area contributed by atoms with E-state index in [4.69, 9.17) is 4.74 Å². The zero-order valence-electron chi connectivity index (χ0n) is 20.4. The predicted octanol–water partition coefficient (Wildman–Crippen LogP) is 4.76. The van der Waals surface area contributed by atoms with Gasteiger partial charge in [-0.25, -0.2) is 4.79 Å². The SMILES string of the molecule is CCOC(=O)C1=C(C)NC(SCC(=O)NC23CC4CC(CC(C4)C2)C3)=C(C#N)C1c1ccccc1. The van der Waals surface area contributed by atoms with Gasteiger partial charge in [-0.15, -0.1) is 0 Å².